The van der Waals surface area contributed by atoms with Gasteiger partial charge >= 0.3 is 0 Å². The summed E-state index contributed by atoms with van der Waals surface area (Å²) >= 11 is 0. The van der Waals surface area contributed by atoms with Gasteiger partial charge in [0.15, 0.2) is 11.6 Å². The number of nitrogens with zero attached hydrogens (tertiary/aromatic N) is 4. The Bertz CT molecular complexity index is 2720. The van der Waals surface area contributed by atoms with Crippen molar-refractivity contribution in [3.05, 3.63) is 175 Å². The molecule has 1 atom stereocenters. The van der Waals surface area contributed by atoms with E-state index in [-0.39, 0.29) is 5.41 Å². The Labute approximate surface area is 309 Å². The van der Waals surface area contributed by atoms with E-state index in [1.54, 1.807) is 0 Å². The molecule has 252 valence electrons. The van der Waals surface area contributed by atoms with Crippen LogP contribution in [-0.2, 0) is 5.41 Å². The molecule has 4 heteroatoms. The lowest BCUT2D eigenvalue weighted by Gasteiger charge is -2.29. The van der Waals surface area contributed by atoms with E-state index in [0.717, 1.165) is 80.4 Å². The van der Waals surface area contributed by atoms with Gasteiger partial charge in [0.1, 0.15) is 5.82 Å². The summed E-state index contributed by atoms with van der Waals surface area (Å²) in [5.41, 5.74) is 8.93. The van der Waals surface area contributed by atoms with Gasteiger partial charge in [-0.2, -0.15) is 5.26 Å². The molecule has 1 aliphatic rings. The molecule has 7 aromatic carbocycles. The number of benzene rings is 7. The van der Waals surface area contributed by atoms with Gasteiger partial charge in [-0.3, -0.25) is 0 Å². The van der Waals surface area contributed by atoms with Crippen LogP contribution < -0.4 is 0 Å². The van der Waals surface area contributed by atoms with E-state index in [1.807, 2.05) is 30.3 Å². The summed E-state index contributed by atoms with van der Waals surface area (Å²) in [6.45, 7) is 2.27. The van der Waals surface area contributed by atoms with Gasteiger partial charge in [0.25, 0.3) is 0 Å². The first-order chi connectivity index (χ1) is 26.0. The van der Waals surface area contributed by atoms with Gasteiger partial charge in [0.05, 0.1) is 11.6 Å². The van der Waals surface area contributed by atoms with E-state index >= 15 is 0 Å². The second-order valence-corrected chi connectivity index (χ2v) is 14.2. The van der Waals surface area contributed by atoms with Crippen molar-refractivity contribution in [2.75, 3.05) is 0 Å². The first-order valence-electron chi connectivity index (χ1n) is 18.2. The Hall–Kier alpha value is -6.70. The van der Waals surface area contributed by atoms with Gasteiger partial charge < -0.3 is 0 Å². The Morgan fingerprint density at radius 3 is 1.81 bits per heavy atom. The average molecular weight is 681 g/mol. The molecule has 0 saturated carbocycles. The number of hydrogen-bond donors (Lipinski definition) is 0. The van der Waals surface area contributed by atoms with E-state index in [4.69, 9.17) is 15.0 Å². The van der Waals surface area contributed by atoms with Crippen molar-refractivity contribution in [3.8, 4) is 62.2 Å². The third kappa shape index (κ3) is 6.17. The van der Waals surface area contributed by atoms with E-state index in [1.165, 1.54) is 10.8 Å². The lowest BCUT2D eigenvalue weighted by atomic mass is 9.78. The summed E-state index contributed by atoms with van der Waals surface area (Å²) in [6.07, 6.45) is 7.45. The van der Waals surface area contributed by atoms with Crippen molar-refractivity contribution in [2.45, 2.75) is 31.6 Å². The summed E-state index contributed by atoms with van der Waals surface area (Å²) in [4.78, 5) is 15.1. The molecular formula is C49H36N4. The number of allylic oxidation sites excluding steroid dienone is 2. The quantitative estimate of drug-likeness (QED) is 0.164. The molecule has 0 amide bonds. The minimum atomic E-state index is -0.139. The standard InChI is InChI=1S/C49H36N4/c1-49(26-10-3-11-27-49)48-52-46(36-13-4-2-5-14-36)51-47(53-48)37-21-19-35(20-22-37)42-24-25-43(45-17-9-8-16-44(42)45)41-29-33(32-50)28-40(31-41)39-23-18-34-12-6-7-15-38(34)30-39/h2-10,12-25,28-31H,11,26-27H2,1H3. The molecule has 0 N–H and O–H groups in total. The molecule has 1 heterocycles. The van der Waals surface area contributed by atoms with Crippen molar-refractivity contribution in [1.82, 2.24) is 15.0 Å². The van der Waals surface area contributed by atoms with Crippen LogP contribution in [0.5, 0.6) is 0 Å². The topological polar surface area (TPSA) is 62.5 Å². The van der Waals surface area contributed by atoms with Crippen molar-refractivity contribution in [3.63, 3.8) is 0 Å². The average Bonchev–Trinajstić information content (AvgIpc) is 3.23. The smallest absolute Gasteiger partial charge is 0.163 e. The molecule has 1 unspecified atom stereocenters. The van der Waals surface area contributed by atoms with Crippen LogP contribution in [-0.4, -0.2) is 15.0 Å². The second-order valence-electron chi connectivity index (χ2n) is 14.2. The fourth-order valence-electron chi connectivity index (χ4n) is 7.64. The number of rotatable bonds is 6. The highest BCUT2D eigenvalue weighted by Gasteiger charge is 2.31. The van der Waals surface area contributed by atoms with E-state index in [9.17, 15) is 5.26 Å². The first kappa shape index (κ1) is 32.2. The summed E-state index contributed by atoms with van der Waals surface area (Å²) < 4.78 is 0. The zero-order chi connectivity index (χ0) is 35.8. The summed E-state index contributed by atoms with van der Waals surface area (Å²) in [7, 11) is 0. The van der Waals surface area contributed by atoms with E-state index in [2.05, 4.69) is 146 Å². The summed E-state index contributed by atoms with van der Waals surface area (Å²) in [5, 5.41) is 14.7. The van der Waals surface area contributed by atoms with Crippen LogP contribution in [0.1, 0.15) is 37.6 Å². The lowest BCUT2D eigenvalue weighted by molar-refractivity contribution is 0.402. The molecule has 0 aliphatic heterocycles. The molecule has 0 spiro atoms. The Balaban J connectivity index is 1.10. The van der Waals surface area contributed by atoms with Gasteiger partial charge in [-0.15, -0.1) is 0 Å². The van der Waals surface area contributed by atoms with Crippen LogP contribution in [0.4, 0.5) is 0 Å². The summed E-state index contributed by atoms with van der Waals surface area (Å²) in [5.74, 6) is 2.24. The van der Waals surface area contributed by atoms with Gasteiger partial charge in [0, 0.05) is 16.5 Å². The highest BCUT2D eigenvalue weighted by Crippen LogP contribution is 2.39. The van der Waals surface area contributed by atoms with Gasteiger partial charge in [-0.25, -0.2) is 15.0 Å². The maximum absolute atomic E-state index is 10.1. The molecule has 0 fully saturated rings. The Morgan fingerprint density at radius 2 is 1.11 bits per heavy atom. The number of hydrogen-bond acceptors (Lipinski definition) is 4. The third-order valence-electron chi connectivity index (χ3n) is 10.6. The lowest BCUT2D eigenvalue weighted by Crippen LogP contribution is -2.26. The van der Waals surface area contributed by atoms with Crippen LogP contribution in [0.3, 0.4) is 0 Å². The molecule has 9 rings (SSSR count). The van der Waals surface area contributed by atoms with Crippen molar-refractivity contribution in [1.29, 1.82) is 5.26 Å². The summed E-state index contributed by atoms with van der Waals surface area (Å²) in [6, 6.07) is 55.2. The molecular weight excluding hydrogens is 645 g/mol. The molecule has 1 aliphatic carbocycles. The number of nitriles is 1. The van der Waals surface area contributed by atoms with Crippen LogP contribution in [0.2, 0.25) is 0 Å². The third-order valence-corrected chi connectivity index (χ3v) is 10.6. The molecule has 0 radical (unpaired) electrons. The molecule has 0 saturated heterocycles. The number of fused-ring (bicyclic) bond motifs is 2. The minimum Gasteiger partial charge on any atom is -0.212 e. The molecule has 4 nitrogen and oxygen atoms in total. The number of aromatic nitrogens is 3. The largest absolute Gasteiger partial charge is 0.212 e. The predicted octanol–water partition coefficient (Wildman–Crippen LogP) is 12.4. The highest BCUT2D eigenvalue weighted by molar-refractivity contribution is 6.05. The Kier molecular flexibility index (Phi) is 8.18. The molecule has 0 bridgehead atoms. The van der Waals surface area contributed by atoms with Crippen molar-refractivity contribution < 1.29 is 0 Å². The molecule has 1 aromatic heterocycles. The zero-order valence-corrected chi connectivity index (χ0v) is 29.5. The van der Waals surface area contributed by atoms with Crippen LogP contribution in [0.25, 0.3) is 77.7 Å². The molecule has 53 heavy (non-hydrogen) atoms. The van der Waals surface area contributed by atoms with Crippen LogP contribution >= 0.6 is 0 Å². The highest BCUT2D eigenvalue weighted by atomic mass is 15.0. The predicted molar refractivity (Wildman–Crippen MR) is 217 cm³/mol. The molecule has 8 aromatic rings. The first-order valence-corrected chi connectivity index (χ1v) is 18.2. The zero-order valence-electron chi connectivity index (χ0n) is 29.5. The maximum Gasteiger partial charge on any atom is 0.163 e. The van der Waals surface area contributed by atoms with Crippen molar-refractivity contribution >= 4 is 21.5 Å². The monoisotopic (exact) mass is 680 g/mol. The normalized spacial score (nSPS) is 15.4. The van der Waals surface area contributed by atoms with Crippen LogP contribution in [0, 0.1) is 11.3 Å². The van der Waals surface area contributed by atoms with Gasteiger partial charge in [0.2, 0.25) is 0 Å². The van der Waals surface area contributed by atoms with Gasteiger partial charge in [-0.1, -0.05) is 146 Å². The van der Waals surface area contributed by atoms with E-state index in [0.29, 0.717) is 17.2 Å². The fraction of sp³-hybridized carbons (Fsp3) is 0.102. The van der Waals surface area contributed by atoms with Gasteiger partial charge in [-0.05, 0) is 98.5 Å². The maximum atomic E-state index is 10.1. The van der Waals surface area contributed by atoms with Crippen molar-refractivity contribution in [2.24, 2.45) is 0 Å². The minimum absolute atomic E-state index is 0.139. The van der Waals surface area contributed by atoms with E-state index < -0.39 is 0 Å². The second kappa shape index (κ2) is 13.5. The van der Waals surface area contributed by atoms with Crippen LogP contribution in [0.15, 0.2) is 164 Å². The fourth-order valence-corrected chi connectivity index (χ4v) is 7.64. The Morgan fingerprint density at radius 1 is 0.509 bits per heavy atom. The SMILES string of the molecule is CC1(c2nc(-c3ccccc3)nc(-c3ccc(-c4ccc(-c5cc(C#N)cc(-c6ccc7ccccc7c6)c5)c5ccccc45)cc3)n2)CC=CCC1.